The summed E-state index contributed by atoms with van der Waals surface area (Å²) in [5.74, 6) is 0. The highest BCUT2D eigenvalue weighted by atomic mass is 35.5. The van der Waals surface area contributed by atoms with Crippen LogP contribution in [0.15, 0.2) is 48.5 Å². The molecular weight excluding hydrogens is 257 g/mol. The third-order valence-corrected chi connectivity index (χ3v) is 2.81. The van der Waals surface area contributed by atoms with Crippen LogP contribution in [0.1, 0.15) is 5.56 Å². The second-order valence-electron chi connectivity index (χ2n) is 3.48. The predicted octanol–water partition coefficient (Wildman–Crippen LogP) is 4.15. The van der Waals surface area contributed by atoms with E-state index < -0.39 is 0 Å². The van der Waals surface area contributed by atoms with Crippen molar-refractivity contribution in [3.8, 4) is 0 Å². The monoisotopic (exact) mass is 266 g/mol. The summed E-state index contributed by atoms with van der Waals surface area (Å²) in [6, 6.07) is 14.3. The molecule has 17 heavy (non-hydrogen) atoms. The number of rotatable bonds is 2. The molecule has 0 saturated carbocycles. The molecular formula is C13H10Cl2NO+. The van der Waals surface area contributed by atoms with Crippen molar-refractivity contribution in [2.24, 2.45) is 0 Å². The van der Waals surface area contributed by atoms with Gasteiger partial charge in [-0.25, -0.2) is 0 Å². The summed E-state index contributed by atoms with van der Waals surface area (Å²) >= 11 is 11.8. The molecule has 2 nitrogen and oxygen atoms in total. The second kappa shape index (κ2) is 5.21. The molecule has 0 amide bonds. The molecule has 0 fully saturated rings. The fraction of sp³-hybridized carbons (Fsp3) is 0. The average molecular weight is 267 g/mol. The second-order valence-corrected chi connectivity index (χ2v) is 4.32. The van der Waals surface area contributed by atoms with Gasteiger partial charge in [0.15, 0.2) is 0 Å². The largest absolute Gasteiger partial charge is 0.285 e. The Hall–Kier alpha value is -1.51. The van der Waals surface area contributed by atoms with Gasteiger partial charge in [0.05, 0.1) is 10.6 Å². The van der Waals surface area contributed by atoms with Crippen LogP contribution in [0, 0.1) is 0 Å². The molecule has 86 valence electrons. The lowest BCUT2D eigenvalue weighted by Crippen LogP contribution is -2.02. The molecule has 0 spiro atoms. The van der Waals surface area contributed by atoms with Crippen LogP contribution in [-0.4, -0.2) is 16.2 Å². The van der Waals surface area contributed by atoms with Crippen LogP contribution in [0.2, 0.25) is 10.0 Å². The summed E-state index contributed by atoms with van der Waals surface area (Å²) in [5.41, 5.74) is 1.36. The van der Waals surface area contributed by atoms with Gasteiger partial charge in [-0.2, -0.15) is 0 Å². The van der Waals surface area contributed by atoms with Gasteiger partial charge >= 0.3 is 0 Å². The maximum absolute atomic E-state index is 9.85. The first-order valence-electron chi connectivity index (χ1n) is 5.00. The van der Waals surface area contributed by atoms with Crippen molar-refractivity contribution in [2.75, 3.05) is 0 Å². The van der Waals surface area contributed by atoms with Crippen LogP contribution in [0.5, 0.6) is 0 Å². The van der Waals surface area contributed by atoms with E-state index >= 15 is 0 Å². The zero-order valence-corrected chi connectivity index (χ0v) is 10.4. The lowest BCUT2D eigenvalue weighted by atomic mass is 10.2. The van der Waals surface area contributed by atoms with Gasteiger partial charge in [-0.15, -0.1) is 0 Å². The van der Waals surface area contributed by atoms with Crippen molar-refractivity contribution in [3.63, 3.8) is 0 Å². The zero-order valence-electron chi connectivity index (χ0n) is 8.85. The van der Waals surface area contributed by atoms with Crippen molar-refractivity contribution in [1.29, 1.82) is 0 Å². The topological polar surface area (TPSA) is 23.2 Å². The van der Waals surface area contributed by atoms with Gasteiger partial charge in [-0.1, -0.05) is 41.4 Å². The molecule has 4 heteroatoms. The highest BCUT2D eigenvalue weighted by molar-refractivity contribution is 6.36. The van der Waals surface area contributed by atoms with Gasteiger partial charge < -0.3 is 0 Å². The normalized spacial score (nSPS) is 11.5. The Bertz CT molecular complexity index is 553. The Labute approximate surface area is 109 Å². The van der Waals surface area contributed by atoms with E-state index in [2.05, 4.69) is 0 Å². The molecule has 1 N–H and O–H groups in total. The number of hydrogen-bond acceptors (Lipinski definition) is 1. The Kier molecular flexibility index (Phi) is 3.67. The van der Waals surface area contributed by atoms with Crippen LogP contribution in [0.25, 0.3) is 0 Å². The number of para-hydroxylation sites is 1. The van der Waals surface area contributed by atoms with Crippen LogP contribution < -0.4 is 0 Å². The maximum atomic E-state index is 9.85. The van der Waals surface area contributed by atoms with E-state index in [1.807, 2.05) is 18.2 Å². The number of halogens is 2. The quantitative estimate of drug-likeness (QED) is 0.376. The fourth-order valence-electron chi connectivity index (χ4n) is 1.39. The van der Waals surface area contributed by atoms with Crippen molar-refractivity contribution in [2.45, 2.75) is 0 Å². The minimum atomic E-state index is 0.493. The molecule has 0 bridgehead atoms. The minimum absolute atomic E-state index is 0.493. The minimum Gasteiger partial charge on any atom is -0.285 e. The third-order valence-electron chi connectivity index (χ3n) is 2.24. The van der Waals surface area contributed by atoms with Crippen LogP contribution >= 0.6 is 23.2 Å². The van der Waals surface area contributed by atoms with E-state index in [0.717, 1.165) is 4.74 Å². The van der Waals surface area contributed by atoms with Crippen molar-refractivity contribution < 1.29 is 9.95 Å². The average Bonchev–Trinajstić information content (AvgIpc) is 2.34. The lowest BCUT2D eigenvalue weighted by molar-refractivity contribution is -0.709. The number of hydrogen-bond donors (Lipinski definition) is 1. The molecule has 0 aromatic heterocycles. The van der Waals surface area contributed by atoms with Gasteiger partial charge in [0.1, 0.15) is 0 Å². The van der Waals surface area contributed by atoms with Crippen molar-refractivity contribution >= 4 is 35.1 Å². The van der Waals surface area contributed by atoms with E-state index in [1.54, 1.807) is 30.3 Å². The zero-order chi connectivity index (χ0) is 12.3. The van der Waals surface area contributed by atoms with Crippen molar-refractivity contribution in [1.82, 2.24) is 0 Å². The molecule has 2 rings (SSSR count). The molecule has 0 unspecified atom stereocenters. The van der Waals surface area contributed by atoms with Crippen LogP contribution in [0.4, 0.5) is 5.69 Å². The van der Waals surface area contributed by atoms with E-state index in [9.17, 15) is 5.21 Å². The van der Waals surface area contributed by atoms with Crippen LogP contribution in [-0.2, 0) is 0 Å². The SMILES string of the molecule is O/[N+](=C\c1ccc(Cl)cc1Cl)c1ccccc1. The van der Waals surface area contributed by atoms with Crippen molar-refractivity contribution in [3.05, 3.63) is 64.1 Å². The Morgan fingerprint density at radius 2 is 1.71 bits per heavy atom. The molecule has 0 atom stereocenters. The fourth-order valence-corrected chi connectivity index (χ4v) is 1.85. The summed E-state index contributed by atoms with van der Waals surface area (Å²) in [4.78, 5) is 0. The molecule has 0 saturated heterocycles. The summed E-state index contributed by atoms with van der Waals surface area (Å²) in [6.45, 7) is 0. The Balaban J connectivity index is 2.36. The van der Waals surface area contributed by atoms with E-state index in [4.69, 9.17) is 23.2 Å². The summed E-state index contributed by atoms with van der Waals surface area (Å²) < 4.78 is 1.02. The maximum Gasteiger partial charge on any atom is 0.257 e. The first-order chi connectivity index (χ1) is 8.16. The molecule has 0 aliphatic rings. The van der Waals surface area contributed by atoms with Gasteiger partial charge in [-0.3, -0.25) is 5.21 Å². The van der Waals surface area contributed by atoms with E-state index in [-0.39, 0.29) is 0 Å². The predicted molar refractivity (Wildman–Crippen MR) is 69.8 cm³/mol. The molecule has 0 aliphatic heterocycles. The Morgan fingerprint density at radius 3 is 2.35 bits per heavy atom. The smallest absolute Gasteiger partial charge is 0.257 e. The first-order valence-corrected chi connectivity index (χ1v) is 5.75. The molecule has 0 heterocycles. The highest BCUT2D eigenvalue weighted by Crippen LogP contribution is 2.20. The van der Waals surface area contributed by atoms with E-state index in [1.165, 1.54) is 6.21 Å². The first kappa shape index (κ1) is 12.0. The molecule has 2 aromatic rings. The van der Waals surface area contributed by atoms with E-state index in [0.29, 0.717) is 21.3 Å². The van der Waals surface area contributed by atoms with Gasteiger partial charge in [-0.05, 0) is 18.2 Å². The molecule has 0 radical (unpaired) electrons. The lowest BCUT2D eigenvalue weighted by Gasteiger charge is -1.96. The molecule has 2 aromatic carbocycles. The Morgan fingerprint density at radius 1 is 1.00 bits per heavy atom. The van der Waals surface area contributed by atoms with Crippen LogP contribution in [0.3, 0.4) is 0 Å². The van der Waals surface area contributed by atoms with Gasteiger partial charge in [0, 0.05) is 21.9 Å². The van der Waals surface area contributed by atoms with Gasteiger partial charge in [0.2, 0.25) is 6.21 Å². The summed E-state index contributed by atoms with van der Waals surface area (Å²) in [7, 11) is 0. The summed E-state index contributed by atoms with van der Waals surface area (Å²) in [6.07, 6.45) is 1.54. The summed E-state index contributed by atoms with van der Waals surface area (Å²) in [5, 5.41) is 10.9. The highest BCUT2D eigenvalue weighted by Gasteiger charge is 2.08. The van der Waals surface area contributed by atoms with Gasteiger partial charge in [0.25, 0.3) is 5.69 Å². The number of nitrogens with zero attached hydrogens (tertiary/aromatic N) is 1. The standard InChI is InChI=1S/C13H10Cl2NO/c14-11-7-6-10(13(15)8-11)9-16(17)12-4-2-1-3-5-12/h1-9,17H/q+1/b16-9-. The third kappa shape index (κ3) is 2.99. The number of benzene rings is 2. The molecule has 0 aliphatic carbocycles.